The first-order chi connectivity index (χ1) is 9.19. The minimum atomic E-state index is -0.269. The fourth-order valence-corrected chi connectivity index (χ4v) is 1.40. The average molecular weight is 265 g/mol. The van der Waals surface area contributed by atoms with Crippen LogP contribution in [0.1, 0.15) is 34.1 Å². The lowest BCUT2D eigenvalue weighted by atomic mass is 10.2. The van der Waals surface area contributed by atoms with Gasteiger partial charge < -0.3 is 15.4 Å². The summed E-state index contributed by atoms with van der Waals surface area (Å²) in [5, 5.41) is 5.41. The fraction of sp³-hybridized carbons (Fsp3) is 0.462. The maximum atomic E-state index is 11.8. The summed E-state index contributed by atoms with van der Waals surface area (Å²) >= 11 is 0. The van der Waals surface area contributed by atoms with Gasteiger partial charge in [-0.25, -0.2) is 0 Å². The molecule has 104 valence electrons. The fourth-order valence-electron chi connectivity index (χ4n) is 1.40. The molecular formula is C13H19N3O3. The van der Waals surface area contributed by atoms with Crippen molar-refractivity contribution in [3.8, 4) is 0 Å². The van der Waals surface area contributed by atoms with Gasteiger partial charge in [0.2, 0.25) is 0 Å². The summed E-state index contributed by atoms with van der Waals surface area (Å²) in [6, 6.07) is 1.53. The maximum absolute atomic E-state index is 11.8. The van der Waals surface area contributed by atoms with E-state index in [0.29, 0.717) is 30.8 Å². The summed E-state index contributed by atoms with van der Waals surface area (Å²) < 4.78 is 4.84. The number of nitrogens with one attached hydrogen (secondary N) is 2. The van der Waals surface area contributed by atoms with Gasteiger partial charge in [0.05, 0.1) is 17.7 Å². The summed E-state index contributed by atoms with van der Waals surface area (Å²) in [4.78, 5) is 27.4. The third kappa shape index (κ3) is 5.05. The Bertz CT molecular complexity index is 435. The van der Waals surface area contributed by atoms with Crippen LogP contribution < -0.4 is 10.6 Å². The molecule has 2 amide bonds. The number of carbonyl (C=O) groups is 2. The molecule has 0 unspecified atom stereocenters. The van der Waals surface area contributed by atoms with Gasteiger partial charge in [-0.15, -0.1) is 0 Å². The van der Waals surface area contributed by atoms with Crippen molar-refractivity contribution in [3.05, 3.63) is 29.6 Å². The highest BCUT2D eigenvalue weighted by atomic mass is 16.5. The number of carbonyl (C=O) groups excluding carboxylic acids is 2. The molecule has 6 nitrogen and oxygen atoms in total. The summed E-state index contributed by atoms with van der Waals surface area (Å²) in [5.41, 5.74) is 0.744. The molecule has 0 fully saturated rings. The zero-order chi connectivity index (χ0) is 14.1. The molecule has 19 heavy (non-hydrogen) atoms. The van der Waals surface area contributed by atoms with Crippen molar-refractivity contribution in [2.24, 2.45) is 0 Å². The van der Waals surface area contributed by atoms with Crippen molar-refractivity contribution >= 4 is 11.8 Å². The van der Waals surface area contributed by atoms with Gasteiger partial charge in [-0.2, -0.15) is 0 Å². The zero-order valence-corrected chi connectivity index (χ0v) is 11.2. The molecule has 6 heteroatoms. The monoisotopic (exact) mass is 265 g/mol. The van der Waals surface area contributed by atoms with Crippen molar-refractivity contribution in [1.82, 2.24) is 15.6 Å². The number of hydrogen-bond donors (Lipinski definition) is 2. The first-order valence-corrected chi connectivity index (χ1v) is 6.19. The normalized spacial score (nSPS) is 10.0. The molecule has 0 aliphatic carbocycles. The minimum Gasteiger partial charge on any atom is -0.383 e. The molecule has 1 aromatic rings. The number of rotatable bonds is 7. The van der Waals surface area contributed by atoms with Crippen LogP contribution in [0.3, 0.4) is 0 Å². The van der Waals surface area contributed by atoms with E-state index in [-0.39, 0.29) is 11.8 Å². The topological polar surface area (TPSA) is 80.3 Å². The van der Waals surface area contributed by atoms with Crippen molar-refractivity contribution in [2.45, 2.75) is 13.3 Å². The number of pyridine rings is 1. The highest BCUT2D eigenvalue weighted by molar-refractivity contribution is 5.99. The second-order valence-electron chi connectivity index (χ2n) is 3.97. The van der Waals surface area contributed by atoms with E-state index < -0.39 is 0 Å². The predicted molar refractivity (Wildman–Crippen MR) is 71.1 cm³/mol. The predicted octanol–water partition coefficient (Wildman–Crippen LogP) is 0.598. The first kappa shape index (κ1) is 15.1. The van der Waals surface area contributed by atoms with Crippen LogP contribution in [0.2, 0.25) is 0 Å². The van der Waals surface area contributed by atoms with Crippen molar-refractivity contribution in [3.63, 3.8) is 0 Å². The van der Waals surface area contributed by atoms with Gasteiger partial charge in [-0.1, -0.05) is 6.92 Å². The largest absolute Gasteiger partial charge is 0.383 e. The van der Waals surface area contributed by atoms with Crippen molar-refractivity contribution in [1.29, 1.82) is 0 Å². The molecule has 1 rings (SSSR count). The Morgan fingerprint density at radius 3 is 2.26 bits per heavy atom. The van der Waals surface area contributed by atoms with E-state index in [4.69, 9.17) is 4.74 Å². The van der Waals surface area contributed by atoms with Gasteiger partial charge in [0.1, 0.15) is 0 Å². The van der Waals surface area contributed by atoms with Crippen LogP contribution in [0.5, 0.6) is 0 Å². The van der Waals surface area contributed by atoms with E-state index in [1.54, 1.807) is 7.11 Å². The van der Waals surface area contributed by atoms with Crippen LogP contribution in [-0.4, -0.2) is 43.6 Å². The molecule has 0 atom stereocenters. The summed E-state index contributed by atoms with van der Waals surface area (Å²) in [7, 11) is 1.56. The molecular weight excluding hydrogens is 246 g/mol. The van der Waals surface area contributed by atoms with Crippen LogP contribution in [0.25, 0.3) is 0 Å². The second-order valence-corrected chi connectivity index (χ2v) is 3.97. The van der Waals surface area contributed by atoms with Crippen LogP contribution >= 0.6 is 0 Å². The number of ether oxygens (including phenoxy) is 1. The van der Waals surface area contributed by atoms with Gasteiger partial charge in [0.15, 0.2) is 0 Å². The number of aromatic nitrogens is 1. The highest BCUT2D eigenvalue weighted by Gasteiger charge is 2.10. The summed E-state index contributed by atoms with van der Waals surface area (Å²) in [6.07, 6.45) is 3.73. The Labute approximate surface area is 112 Å². The Balaban J connectivity index is 2.65. The van der Waals surface area contributed by atoms with Crippen molar-refractivity contribution < 1.29 is 14.3 Å². The zero-order valence-electron chi connectivity index (χ0n) is 11.2. The molecule has 0 bridgehead atoms. The molecule has 1 aromatic heterocycles. The van der Waals surface area contributed by atoms with Crippen molar-refractivity contribution in [2.75, 3.05) is 26.8 Å². The molecule has 0 aliphatic rings. The molecule has 0 aliphatic heterocycles. The van der Waals surface area contributed by atoms with E-state index >= 15 is 0 Å². The Morgan fingerprint density at radius 2 is 1.74 bits per heavy atom. The minimum absolute atomic E-state index is 0.221. The lowest BCUT2D eigenvalue weighted by Gasteiger charge is -2.06. The van der Waals surface area contributed by atoms with Crippen LogP contribution in [0.15, 0.2) is 18.5 Å². The van der Waals surface area contributed by atoms with E-state index in [9.17, 15) is 9.59 Å². The van der Waals surface area contributed by atoms with Gasteiger partial charge in [-0.05, 0) is 12.5 Å². The standard InChI is InChI=1S/C13H19N3O3/c1-3-4-15-12(17)10-7-11(9-14-8-10)13(18)16-5-6-19-2/h7-9H,3-6H2,1-2H3,(H,15,17)(H,16,18). The Hall–Kier alpha value is -1.95. The molecule has 2 N–H and O–H groups in total. The Morgan fingerprint density at radius 1 is 1.16 bits per heavy atom. The SMILES string of the molecule is CCCNC(=O)c1cncc(C(=O)NCCOC)c1. The van der Waals surface area contributed by atoms with E-state index in [0.717, 1.165) is 6.42 Å². The lowest BCUT2D eigenvalue weighted by Crippen LogP contribution is -2.28. The van der Waals surface area contributed by atoms with Gasteiger partial charge in [0.25, 0.3) is 11.8 Å². The van der Waals surface area contributed by atoms with Crippen LogP contribution in [-0.2, 0) is 4.74 Å². The average Bonchev–Trinajstić information content (AvgIpc) is 2.45. The second kappa shape index (κ2) is 8.20. The summed E-state index contributed by atoms with van der Waals surface area (Å²) in [6.45, 7) is 3.43. The quantitative estimate of drug-likeness (QED) is 0.707. The smallest absolute Gasteiger partial charge is 0.252 e. The van der Waals surface area contributed by atoms with E-state index in [1.165, 1.54) is 18.5 Å². The molecule has 0 saturated carbocycles. The molecule has 0 aromatic carbocycles. The number of methoxy groups -OCH3 is 1. The first-order valence-electron chi connectivity index (χ1n) is 6.19. The van der Waals surface area contributed by atoms with Gasteiger partial charge in [0, 0.05) is 32.6 Å². The molecule has 0 saturated heterocycles. The molecule has 1 heterocycles. The van der Waals surface area contributed by atoms with E-state index in [2.05, 4.69) is 15.6 Å². The Kier molecular flexibility index (Phi) is 6.52. The lowest BCUT2D eigenvalue weighted by molar-refractivity contribution is 0.0936. The molecule has 0 spiro atoms. The molecule has 0 radical (unpaired) electrons. The van der Waals surface area contributed by atoms with Crippen LogP contribution in [0, 0.1) is 0 Å². The number of nitrogens with zero attached hydrogens (tertiary/aromatic N) is 1. The third-order valence-corrected chi connectivity index (χ3v) is 2.39. The number of hydrogen-bond acceptors (Lipinski definition) is 4. The van der Waals surface area contributed by atoms with Gasteiger partial charge in [-0.3, -0.25) is 14.6 Å². The maximum Gasteiger partial charge on any atom is 0.252 e. The van der Waals surface area contributed by atoms with E-state index in [1.807, 2.05) is 6.92 Å². The highest BCUT2D eigenvalue weighted by Crippen LogP contribution is 2.03. The van der Waals surface area contributed by atoms with Gasteiger partial charge >= 0.3 is 0 Å². The summed E-state index contributed by atoms with van der Waals surface area (Å²) in [5.74, 6) is -0.490. The third-order valence-electron chi connectivity index (χ3n) is 2.39. The van der Waals surface area contributed by atoms with Crippen LogP contribution in [0.4, 0.5) is 0 Å². The number of amides is 2.